The van der Waals surface area contributed by atoms with Gasteiger partial charge in [0.1, 0.15) is 0 Å². The van der Waals surface area contributed by atoms with E-state index in [0.717, 1.165) is 29.9 Å². The molecule has 0 saturated carbocycles. The first-order chi connectivity index (χ1) is 18.1. The SMILES string of the molecule is CCCCCCCCCCCCCCCCNC(=O)CNc1ccc(NC(=O)c2cccc(C)c2)cc1. The van der Waals surface area contributed by atoms with Crippen molar-refractivity contribution >= 4 is 23.2 Å². The third-order valence-electron chi connectivity index (χ3n) is 6.73. The lowest BCUT2D eigenvalue weighted by molar-refractivity contribution is -0.119. The first-order valence-corrected chi connectivity index (χ1v) is 14.6. The molecule has 2 rings (SSSR count). The zero-order valence-electron chi connectivity index (χ0n) is 23.2. The molecule has 0 aliphatic rings. The molecule has 0 bridgehead atoms. The Morgan fingerprint density at radius 1 is 0.676 bits per heavy atom. The van der Waals surface area contributed by atoms with Gasteiger partial charge in [0.05, 0.1) is 6.54 Å². The van der Waals surface area contributed by atoms with E-state index in [2.05, 4.69) is 22.9 Å². The summed E-state index contributed by atoms with van der Waals surface area (Å²) in [6, 6.07) is 14.9. The van der Waals surface area contributed by atoms with Gasteiger partial charge in [-0.3, -0.25) is 9.59 Å². The van der Waals surface area contributed by atoms with Crippen LogP contribution in [-0.4, -0.2) is 24.9 Å². The smallest absolute Gasteiger partial charge is 0.255 e. The first kappa shape index (κ1) is 30.4. The van der Waals surface area contributed by atoms with Crippen molar-refractivity contribution in [3.63, 3.8) is 0 Å². The summed E-state index contributed by atoms with van der Waals surface area (Å²) in [5, 5.41) is 9.04. The van der Waals surface area contributed by atoms with Crippen molar-refractivity contribution in [2.75, 3.05) is 23.7 Å². The van der Waals surface area contributed by atoms with Crippen molar-refractivity contribution in [1.29, 1.82) is 0 Å². The summed E-state index contributed by atoms with van der Waals surface area (Å²) in [6.45, 7) is 5.22. The molecular weight excluding hydrogens is 458 g/mol. The largest absolute Gasteiger partial charge is 0.376 e. The molecule has 37 heavy (non-hydrogen) atoms. The minimum atomic E-state index is -0.132. The number of carbonyl (C=O) groups is 2. The lowest BCUT2D eigenvalue weighted by Gasteiger charge is -2.10. The molecule has 204 valence electrons. The van der Waals surface area contributed by atoms with E-state index in [4.69, 9.17) is 0 Å². The van der Waals surface area contributed by atoms with Crippen LogP contribution in [-0.2, 0) is 4.79 Å². The highest BCUT2D eigenvalue weighted by Gasteiger charge is 2.06. The van der Waals surface area contributed by atoms with Crippen molar-refractivity contribution in [2.24, 2.45) is 0 Å². The fourth-order valence-electron chi connectivity index (χ4n) is 4.45. The summed E-state index contributed by atoms with van der Waals surface area (Å²) in [7, 11) is 0. The molecule has 0 heterocycles. The quantitative estimate of drug-likeness (QED) is 0.158. The van der Waals surface area contributed by atoms with Gasteiger partial charge in [-0.2, -0.15) is 0 Å². The van der Waals surface area contributed by atoms with Gasteiger partial charge < -0.3 is 16.0 Å². The molecule has 2 amide bonds. The van der Waals surface area contributed by atoms with Gasteiger partial charge in [0.2, 0.25) is 5.91 Å². The summed E-state index contributed by atoms with van der Waals surface area (Å²) in [5.74, 6) is -0.126. The van der Waals surface area contributed by atoms with Crippen molar-refractivity contribution in [3.8, 4) is 0 Å². The Labute approximate surface area is 225 Å². The highest BCUT2D eigenvalue weighted by atomic mass is 16.2. The molecule has 3 N–H and O–H groups in total. The molecule has 0 fully saturated rings. The topological polar surface area (TPSA) is 70.2 Å². The van der Waals surface area contributed by atoms with Crippen LogP contribution in [0.2, 0.25) is 0 Å². The van der Waals surface area contributed by atoms with E-state index in [1.807, 2.05) is 49.4 Å². The molecule has 0 radical (unpaired) electrons. The number of unbranched alkanes of at least 4 members (excludes halogenated alkanes) is 13. The van der Waals surface area contributed by atoms with Gasteiger partial charge in [0.15, 0.2) is 0 Å². The summed E-state index contributed by atoms with van der Waals surface area (Å²) < 4.78 is 0. The van der Waals surface area contributed by atoms with Gasteiger partial charge in [-0.15, -0.1) is 0 Å². The van der Waals surface area contributed by atoms with E-state index in [1.165, 1.54) is 83.5 Å². The predicted octanol–water partition coefficient (Wildman–Crippen LogP) is 8.26. The van der Waals surface area contributed by atoms with Gasteiger partial charge in [0, 0.05) is 23.5 Å². The van der Waals surface area contributed by atoms with Crippen LogP contribution >= 0.6 is 0 Å². The fourth-order valence-corrected chi connectivity index (χ4v) is 4.45. The number of benzene rings is 2. The fraction of sp³-hybridized carbons (Fsp3) is 0.562. The van der Waals surface area contributed by atoms with E-state index in [-0.39, 0.29) is 18.4 Å². The lowest BCUT2D eigenvalue weighted by atomic mass is 10.0. The number of aryl methyl sites for hydroxylation is 1. The van der Waals surface area contributed by atoms with Gasteiger partial charge in [-0.25, -0.2) is 0 Å². The Balaban J connectivity index is 1.44. The third-order valence-corrected chi connectivity index (χ3v) is 6.73. The summed E-state index contributed by atoms with van der Waals surface area (Å²) in [5.41, 5.74) is 3.26. The van der Waals surface area contributed by atoms with Crippen LogP contribution in [0, 0.1) is 6.92 Å². The normalized spacial score (nSPS) is 10.8. The van der Waals surface area contributed by atoms with Crippen LogP contribution in [0.15, 0.2) is 48.5 Å². The molecule has 0 spiro atoms. The van der Waals surface area contributed by atoms with Gasteiger partial charge in [0.25, 0.3) is 5.91 Å². The number of amides is 2. The van der Waals surface area contributed by atoms with Crippen LogP contribution in [0.25, 0.3) is 0 Å². The van der Waals surface area contributed by atoms with E-state index in [9.17, 15) is 9.59 Å². The second-order valence-corrected chi connectivity index (χ2v) is 10.2. The van der Waals surface area contributed by atoms with Crippen LogP contribution in [0.5, 0.6) is 0 Å². The van der Waals surface area contributed by atoms with E-state index < -0.39 is 0 Å². The zero-order valence-corrected chi connectivity index (χ0v) is 23.2. The molecule has 0 aliphatic carbocycles. The van der Waals surface area contributed by atoms with E-state index in [0.29, 0.717) is 5.56 Å². The van der Waals surface area contributed by atoms with E-state index >= 15 is 0 Å². The second kappa shape index (κ2) is 19.3. The number of nitrogens with one attached hydrogen (secondary N) is 3. The Hall–Kier alpha value is -2.82. The van der Waals surface area contributed by atoms with Gasteiger partial charge in [-0.1, -0.05) is 108 Å². The monoisotopic (exact) mass is 507 g/mol. The zero-order chi connectivity index (χ0) is 26.6. The average molecular weight is 508 g/mol. The van der Waals surface area contributed by atoms with Crippen molar-refractivity contribution < 1.29 is 9.59 Å². The predicted molar refractivity (Wildman–Crippen MR) is 157 cm³/mol. The third kappa shape index (κ3) is 14.5. The lowest BCUT2D eigenvalue weighted by Crippen LogP contribution is -2.30. The van der Waals surface area contributed by atoms with Crippen LogP contribution in [0.4, 0.5) is 11.4 Å². The molecule has 2 aromatic carbocycles. The average Bonchev–Trinajstić information content (AvgIpc) is 2.90. The van der Waals surface area contributed by atoms with Crippen molar-refractivity contribution in [3.05, 3.63) is 59.7 Å². The Morgan fingerprint density at radius 2 is 1.22 bits per heavy atom. The number of hydrogen-bond donors (Lipinski definition) is 3. The van der Waals surface area contributed by atoms with Crippen LogP contribution in [0.1, 0.15) is 113 Å². The maximum atomic E-state index is 12.4. The molecule has 0 aromatic heterocycles. The number of rotatable bonds is 20. The number of anilines is 2. The number of carbonyl (C=O) groups excluding carboxylic acids is 2. The van der Waals surface area contributed by atoms with Crippen LogP contribution in [0.3, 0.4) is 0 Å². The van der Waals surface area contributed by atoms with Gasteiger partial charge in [-0.05, 0) is 49.7 Å². The molecule has 0 atom stereocenters. The highest BCUT2D eigenvalue weighted by Crippen LogP contribution is 2.15. The first-order valence-electron chi connectivity index (χ1n) is 14.6. The highest BCUT2D eigenvalue weighted by molar-refractivity contribution is 6.04. The van der Waals surface area contributed by atoms with E-state index in [1.54, 1.807) is 6.07 Å². The molecule has 2 aromatic rings. The Kier molecular flexibility index (Phi) is 15.9. The minimum absolute atomic E-state index is 0.00604. The minimum Gasteiger partial charge on any atom is -0.376 e. The molecular formula is C32H49N3O2. The molecule has 0 saturated heterocycles. The summed E-state index contributed by atoms with van der Waals surface area (Å²) >= 11 is 0. The van der Waals surface area contributed by atoms with Crippen molar-refractivity contribution in [2.45, 2.75) is 104 Å². The van der Waals surface area contributed by atoms with Crippen molar-refractivity contribution in [1.82, 2.24) is 5.32 Å². The maximum Gasteiger partial charge on any atom is 0.255 e. The van der Waals surface area contributed by atoms with Crippen LogP contribution < -0.4 is 16.0 Å². The Bertz CT molecular complexity index is 895. The van der Waals surface area contributed by atoms with Gasteiger partial charge >= 0.3 is 0 Å². The standard InChI is InChI=1S/C32H49N3O2/c1-3-4-5-6-7-8-9-10-11-12-13-14-15-16-24-33-31(36)26-34-29-20-22-30(23-21-29)35-32(37)28-19-17-18-27(2)25-28/h17-23,25,34H,3-16,24,26H2,1-2H3,(H,33,36)(H,35,37). The maximum absolute atomic E-state index is 12.4. The molecule has 0 aliphatic heterocycles. The molecule has 5 nitrogen and oxygen atoms in total. The molecule has 5 heteroatoms. The Morgan fingerprint density at radius 3 is 1.78 bits per heavy atom. The summed E-state index contributed by atoms with van der Waals surface area (Å²) in [6.07, 6.45) is 18.7. The second-order valence-electron chi connectivity index (χ2n) is 10.2. The molecule has 0 unspecified atom stereocenters. The summed E-state index contributed by atoms with van der Waals surface area (Å²) in [4.78, 5) is 24.5. The number of hydrogen-bond acceptors (Lipinski definition) is 3.